The maximum atomic E-state index is 5.54. The van der Waals surface area contributed by atoms with Crippen molar-refractivity contribution >= 4 is 10.9 Å². The molecule has 0 unspecified atom stereocenters. The Hall–Kier alpha value is -1.61. The summed E-state index contributed by atoms with van der Waals surface area (Å²) in [6.07, 6.45) is 1.80. The number of fused-ring (bicyclic) bond motifs is 1. The molecule has 0 aliphatic carbocycles. The van der Waals surface area contributed by atoms with Gasteiger partial charge in [0.1, 0.15) is 5.75 Å². The van der Waals surface area contributed by atoms with Gasteiger partial charge in [-0.25, -0.2) is 0 Å². The third-order valence-electron chi connectivity index (χ3n) is 2.18. The number of nitrogens with two attached hydrogens (primary N) is 1. The summed E-state index contributed by atoms with van der Waals surface area (Å²) in [6.45, 7) is 0.514. The molecule has 1 aromatic carbocycles. The summed E-state index contributed by atoms with van der Waals surface area (Å²) in [5.74, 6) is 0.841. The predicted molar refractivity (Wildman–Crippen MR) is 56.2 cm³/mol. The monoisotopic (exact) mass is 188 g/mol. The number of ether oxygens (including phenoxy) is 1. The van der Waals surface area contributed by atoms with Crippen LogP contribution in [0.2, 0.25) is 0 Å². The Balaban J connectivity index is 2.60. The molecule has 72 valence electrons. The SMILES string of the molecule is COc1ccc2ncc(CN)cc2c1. The normalized spacial score (nSPS) is 10.4. The fourth-order valence-electron chi connectivity index (χ4n) is 1.39. The van der Waals surface area contributed by atoms with Gasteiger partial charge in [-0.2, -0.15) is 0 Å². The van der Waals surface area contributed by atoms with E-state index in [0.717, 1.165) is 22.2 Å². The minimum absolute atomic E-state index is 0.514. The second kappa shape index (κ2) is 3.64. The lowest BCUT2D eigenvalue weighted by atomic mass is 10.1. The number of aromatic nitrogens is 1. The molecule has 14 heavy (non-hydrogen) atoms. The van der Waals surface area contributed by atoms with Crippen LogP contribution in [0.5, 0.6) is 5.75 Å². The number of hydrogen-bond acceptors (Lipinski definition) is 3. The van der Waals surface area contributed by atoms with Crippen LogP contribution in [-0.4, -0.2) is 12.1 Å². The van der Waals surface area contributed by atoms with Crippen molar-refractivity contribution in [3.8, 4) is 5.75 Å². The van der Waals surface area contributed by atoms with Crippen LogP contribution in [0.1, 0.15) is 5.56 Å². The lowest BCUT2D eigenvalue weighted by molar-refractivity contribution is 0.415. The Morgan fingerprint density at radius 2 is 2.21 bits per heavy atom. The maximum Gasteiger partial charge on any atom is 0.119 e. The lowest BCUT2D eigenvalue weighted by Gasteiger charge is -2.03. The Morgan fingerprint density at radius 1 is 1.36 bits per heavy atom. The van der Waals surface area contributed by atoms with Crippen LogP contribution in [-0.2, 0) is 6.54 Å². The molecule has 0 aliphatic rings. The molecule has 0 aliphatic heterocycles. The van der Waals surface area contributed by atoms with Crippen LogP contribution in [0.15, 0.2) is 30.5 Å². The summed E-state index contributed by atoms with van der Waals surface area (Å²) in [7, 11) is 1.65. The second-order valence-corrected chi connectivity index (χ2v) is 3.11. The first kappa shape index (κ1) is 8.97. The Morgan fingerprint density at radius 3 is 2.93 bits per heavy atom. The van der Waals surface area contributed by atoms with E-state index in [1.807, 2.05) is 24.3 Å². The van der Waals surface area contributed by atoms with E-state index in [4.69, 9.17) is 10.5 Å². The second-order valence-electron chi connectivity index (χ2n) is 3.11. The number of rotatable bonds is 2. The van der Waals surface area contributed by atoms with Crippen LogP contribution in [0, 0.1) is 0 Å². The fraction of sp³-hybridized carbons (Fsp3) is 0.182. The average molecular weight is 188 g/mol. The molecule has 0 atom stereocenters. The van der Waals surface area contributed by atoms with Gasteiger partial charge in [0, 0.05) is 18.1 Å². The van der Waals surface area contributed by atoms with Crippen LogP contribution in [0.3, 0.4) is 0 Å². The molecule has 2 rings (SSSR count). The molecule has 0 amide bonds. The highest BCUT2D eigenvalue weighted by atomic mass is 16.5. The Labute approximate surface area is 82.5 Å². The van der Waals surface area contributed by atoms with Gasteiger partial charge in [0.15, 0.2) is 0 Å². The third kappa shape index (κ3) is 1.54. The summed E-state index contributed by atoms with van der Waals surface area (Å²) in [5, 5.41) is 1.06. The van der Waals surface area contributed by atoms with E-state index in [-0.39, 0.29) is 0 Å². The molecule has 0 saturated heterocycles. The molecule has 0 spiro atoms. The zero-order valence-electron chi connectivity index (χ0n) is 8.03. The van der Waals surface area contributed by atoms with Crippen molar-refractivity contribution in [3.63, 3.8) is 0 Å². The molecule has 1 aromatic heterocycles. The van der Waals surface area contributed by atoms with Crippen molar-refractivity contribution in [3.05, 3.63) is 36.0 Å². The number of benzene rings is 1. The molecule has 1 heterocycles. The quantitative estimate of drug-likeness (QED) is 0.780. The van der Waals surface area contributed by atoms with Gasteiger partial charge in [0.25, 0.3) is 0 Å². The highest BCUT2D eigenvalue weighted by molar-refractivity contribution is 5.80. The van der Waals surface area contributed by atoms with Gasteiger partial charge in [-0.05, 0) is 29.8 Å². The summed E-state index contributed by atoms with van der Waals surface area (Å²) < 4.78 is 5.14. The predicted octanol–water partition coefficient (Wildman–Crippen LogP) is 1.70. The van der Waals surface area contributed by atoms with Crippen LogP contribution < -0.4 is 10.5 Å². The Bertz CT molecular complexity index is 415. The van der Waals surface area contributed by atoms with Gasteiger partial charge >= 0.3 is 0 Å². The summed E-state index contributed by atoms with van der Waals surface area (Å²) in [6, 6.07) is 7.83. The van der Waals surface area contributed by atoms with E-state index in [9.17, 15) is 0 Å². The standard InChI is InChI=1S/C11H12N2O/c1-14-10-2-3-11-9(5-10)4-8(6-12)7-13-11/h2-5,7H,6,12H2,1H3. The molecule has 0 fully saturated rings. The van der Waals surface area contributed by atoms with Crippen molar-refractivity contribution in [2.24, 2.45) is 5.73 Å². The van der Waals surface area contributed by atoms with Crippen LogP contribution in [0.4, 0.5) is 0 Å². The van der Waals surface area contributed by atoms with Gasteiger partial charge in [0.2, 0.25) is 0 Å². The van der Waals surface area contributed by atoms with E-state index in [2.05, 4.69) is 4.98 Å². The summed E-state index contributed by atoms with van der Waals surface area (Å²) in [5.41, 5.74) is 7.53. The highest BCUT2D eigenvalue weighted by Crippen LogP contribution is 2.19. The zero-order valence-corrected chi connectivity index (χ0v) is 8.03. The molecule has 2 aromatic rings. The first-order valence-electron chi connectivity index (χ1n) is 4.46. The highest BCUT2D eigenvalue weighted by Gasteiger charge is 1.98. The topological polar surface area (TPSA) is 48.1 Å². The van der Waals surface area contributed by atoms with Gasteiger partial charge < -0.3 is 10.5 Å². The maximum absolute atomic E-state index is 5.54. The van der Waals surface area contributed by atoms with Gasteiger partial charge in [-0.1, -0.05) is 0 Å². The summed E-state index contributed by atoms with van der Waals surface area (Å²) in [4.78, 5) is 4.29. The third-order valence-corrected chi connectivity index (χ3v) is 2.18. The molecule has 0 saturated carbocycles. The van der Waals surface area contributed by atoms with Gasteiger partial charge in [-0.15, -0.1) is 0 Å². The number of nitrogens with zero attached hydrogens (tertiary/aromatic N) is 1. The van der Waals surface area contributed by atoms with E-state index in [1.165, 1.54) is 0 Å². The zero-order chi connectivity index (χ0) is 9.97. The molecule has 3 nitrogen and oxygen atoms in total. The molecular formula is C11H12N2O. The van der Waals surface area contributed by atoms with E-state index < -0.39 is 0 Å². The minimum atomic E-state index is 0.514. The molecule has 3 heteroatoms. The average Bonchev–Trinajstić information content (AvgIpc) is 2.27. The molecule has 0 radical (unpaired) electrons. The van der Waals surface area contributed by atoms with Crippen molar-refractivity contribution < 1.29 is 4.74 Å². The number of methoxy groups -OCH3 is 1. The van der Waals surface area contributed by atoms with Gasteiger partial charge in [0.05, 0.1) is 12.6 Å². The summed E-state index contributed by atoms with van der Waals surface area (Å²) >= 11 is 0. The Kier molecular flexibility index (Phi) is 2.33. The smallest absolute Gasteiger partial charge is 0.119 e. The van der Waals surface area contributed by atoms with Crippen molar-refractivity contribution in [2.45, 2.75) is 6.54 Å². The van der Waals surface area contributed by atoms with Crippen molar-refractivity contribution in [1.82, 2.24) is 4.98 Å². The molecular weight excluding hydrogens is 176 g/mol. The number of pyridine rings is 1. The van der Waals surface area contributed by atoms with E-state index >= 15 is 0 Å². The first-order valence-corrected chi connectivity index (χ1v) is 4.46. The molecule has 2 N–H and O–H groups in total. The first-order chi connectivity index (χ1) is 6.83. The number of hydrogen-bond donors (Lipinski definition) is 1. The van der Waals surface area contributed by atoms with E-state index in [1.54, 1.807) is 13.3 Å². The van der Waals surface area contributed by atoms with E-state index in [0.29, 0.717) is 6.54 Å². The largest absolute Gasteiger partial charge is 0.497 e. The van der Waals surface area contributed by atoms with Gasteiger partial charge in [-0.3, -0.25) is 4.98 Å². The van der Waals surface area contributed by atoms with Crippen molar-refractivity contribution in [2.75, 3.05) is 7.11 Å². The van der Waals surface area contributed by atoms with Crippen molar-refractivity contribution in [1.29, 1.82) is 0 Å². The minimum Gasteiger partial charge on any atom is -0.497 e. The molecule has 0 bridgehead atoms. The van der Waals surface area contributed by atoms with Crippen LogP contribution in [0.25, 0.3) is 10.9 Å². The van der Waals surface area contributed by atoms with Crippen LogP contribution >= 0.6 is 0 Å². The lowest BCUT2D eigenvalue weighted by Crippen LogP contribution is -1.96. The fourth-order valence-corrected chi connectivity index (χ4v) is 1.39.